The molecule has 0 heterocycles. The SMILES string of the molecule is Cc1ccc(F)c(C(C)C(NC(=O)OC(C)(C)C)C(=O)O)c1C. The molecule has 0 saturated heterocycles. The van der Waals surface area contributed by atoms with Crippen LogP contribution in [0.25, 0.3) is 0 Å². The molecule has 0 aliphatic rings. The third kappa shape index (κ3) is 4.94. The fraction of sp³-hybridized carbons (Fsp3) is 0.529. The monoisotopic (exact) mass is 325 g/mol. The smallest absolute Gasteiger partial charge is 0.408 e. The summed E-state index contributed by atoms with van der Waals surface area (Å²) in [5, 5.41) is 11.7. The molecule has 6 heteroatoms. The third-order valence-corrected chi connectivity index (χ3v) is 3.63. The van der Waals surface area contributed by atoms with Gasteiger partial charge in [0.1, 0.15) is 17.5 Å². The van der Waals surface area contributed by atoms with Gasteiger partial charge in [-0.05, 0) is 57.4 Å². The average Bonchev–Trinajstić information content (AvgIpc) is 2.38. The number of carboxylic acids is 1. The first kappa shape index (κ1) is 18.9. The van der Waals surface area contributed by atoms with Gasteiger partial charge in [0.2, 0.25) is 0 Å². The summed E-state index contributed by atoms with van der Waals surface area (Å²) in [4.78, 5) is 23.4. The van der Waals surface area contributed by atoms with Gasteiger partial charge < -0.3 is 15.2 Å². The topological polar surface area (TPSA) is 75.6 Å². The van der Waals surface area contributed by atoms with Crippen LogP contribution in [0.1, 0.15) is 50.3 Å². The molecule has 128 valence electrons. The Morgan fingerprint density at radius 3 is 2.30 bits per heavy atom. The Hall–Kier alpha value is -2.11. The molecule has 1 rings (SSSR count). The number of halogens is 1. The second kappa shape index (κ2) is 6.98. The molecule has 1 aromatic rings. The van der Waals surface area contributed by atoms with Gasteiger partial charge in [0, 0.05) is 5.92 Å². The molecular formula is C17H24FNO4. The van der Waals surface area contributed by atoms with Gasteiger partial charge in [-0.2, -0.15) is 0 Å². The molecule has 2 unspecified atom stereocenters. The molecule has 0 aromatic heterocycles. The van der Waals surface area contributed by atoms with Crippen molar-refractivity contribution >= 4 is 12.1 Å². The highest BCUT2D eigenvalue weighted by atomic mass is 19.1. The Balaban J connectivity index is 3.10. The zero-order valence-electron chi connectivity index (χ0n) is 14.4. The van der Waals surface area contributed by atoms with Crippen LogP contribution in [0.5, 0.6) is 0 Å². The molecule has 0 bridgehead atoms. The molecule has 23 heavy (non-hydrogen) atoms. The zero-order chi connectivity index (χ0) is 17.9. The van der Waals surface area contributed by atoms with Crippen LogP contribution >= 0.6 is 0 Å². The lowest BCUT2D eigenvalue weighted by Gasteiger charge is -2.26. The summed E-state index contributed by atoms with van der Waals surface area (Å²) < 4.78 is 19.3. The third-order valence-electron chi connectivity index (χ3n) is 3.63. The lowest BCUT2D eigenvalue weighted by atomic mass is 9.88. The van der Waals surface area contributed by atoms with Crippen molar-refractivity contribution in [1.29, 1.82) is 0 Å². The van der Waals surface area contributed by atoms with E-state index in [-0.39, 0.29) is 5.56 Å². The fourth-order valence-electron chi connectivity index (χ4n) is 2.37. The summed E-state index contributed by atoms with van der Waals surface area (Å²) in [5.41, 5.74) is 1.07. The molecular weight excluding hydrogens is 301 g/mol. The predicted octanol–water partition coefficient (Wildman–Crippen LogP) is 3.52. The normalized spacial score (nSPS) is 14.0. The van der Waals surface area contributed by atoms with Gasteiger partial charge in [0.15, 0.2) is 0 Å². The van der Waals surface area contributed by atoms with Crippen LogP contribution in [0.2, 0.25) is 0 Å². The number of ether oxygens (including phenoxy) is 1. The zero-order valence-corrected chi connectivity index (χ0v) is 14.4. The number of carboxylic acid groups (broad SMARTS) is 1. The molecule has 0 spiro atoms. The Bertz CT molecular complexity index is 607. The van der Waals surface area contributed by atoms with E-state index in [4.69, 9.17) is 4.74 Å². The quantitative estimate of drug-likeness (QED) is 0.888. The van der Waals surface area contributed by atoms with Crippen LogP contribution in [-0.2, 0) is 9.53 Å². The first-order valence-corrected chi connectivity index (χ1v) is 7.42. The second-order valence-corrected chi connectivity index (χ2v) is 6.65. The number of hydrogen-bond donors (Lipinski definition) is 2. The van der Waals surface area contributed by atoms with Gasteiger partial charge in [-0.1, -0.05) is 13.0 Å². The molecule has 1 amide bonds. The van der Waals surface area contributed by atoms with Crippen molar-refractivity contribution in [3.63, 3.8) is 0 Å². The number of amides is 1. The Labute approximate surface area is 135 Å². The number of benzene rings is 1. The van der Waals surface area contributed by atoms with Gasteiger partial charge in [0.05, 0.1) is 0 Å². The average molecular weight is 325 g/mol. The number of rotatable bonds is 4. The van der Waals surface area contributed by atoms with E-state index in [2.05, 4.69) is 5.32 Å². The lowest BCUT2D eigenvalue weighted by molar-refractivity contribution is -0.140. The van der Waals surface area contributed by atoms with Crippen molar-refractivity contribution in [3.05, 3.63) is 34.6 Å². The highest BCUT2D eigenvalue weighted by Crippen LogP contribution is 2.28. The first-order valence-electron chi connectivity index (χ1n) is 7.42. The molecule has 2 atom stereocenters. The molecule has 0 saturated carbocycles. The standard InChI is InChI=1S/C17H24FNO4/c1-9-7-8-12(18)13(10(9)2)11(3)14(15(20)21)19-16(22)23-17(4,5)6/h7-8,11,14H,1-6H3,(H,19,22)(H,20,21). The maximum Gasteiger partial charge on any atom is 0.408 e. The number of hydrogen-bond acceptors (Lipinski definition) is 3. The molecule has 5 nitrogen and oxygen atoms in total. The van der Waals surface area contributed by atoms with E-state index in [0.717, 1.165) is 5.56 Å². The lowest BCUT2D eigenvalue weighted by Crippen LogP contribution is -2.46. The molecule has 1 aromatic carbocycles. The van der Waals surface area contributed by atoms with Crippen molar-refractivity contribution in [1.82, 2.24) is 5.32 Å². The fourth-order valence-corrected chi connectivity index (χ4v) is 2.37. The largest absolute Gasteiger partial charge is 0.480 e. The number of carbonyl (C=O) groups is 2. The van der Waals surface area contributed by atoms with E-state index in [0.29, 0.717) is 5.56 Å². The number of aliphatic carboxylic acids is 1. The van der Waals surface area contributed by atoms with Gasteiger partial charge >= 0.3 is 12.1 Å². The van der Waals surface area contributed by atoms with Crippen LogP contribution in [0.15, 0.2) is 12.1 Å². The van der Waals surface area contributed by atoms with Crippen LogP contribution in [0.3, 0.4) is 0 Å². The maximum absolute atomic E-state index is 14.2. The van der Waals surface area contributed by atoms with Crippen LogP contribution in [0.4, 0.5) is 9.18 Å². The van der Waals surface area contributed by atoms with Crippen LogP contribution in [-0.4, -0.2) is 28.8 Å². The molecule has 0 fully saturated rings. The van der Waals surface area contributed by atoms with Crippen molar-refractivity contribution < 1.29 is 23.8 Å². The molecule has 0 aliphatic carbocycles. The van der Waals surface area contributed by atoms with E-state index in [9.17, 15) is 19.1 Å². The van der Waals surface area contributed by atoms with E-state index in [1.54, 1.807) is 40.7 Å². The molecule has 0 aliphatic heterocycles. The van der Waals surface area contributed by atoms with E-state index in [1.165, 1.54) is 6.07 Å². The van der Waals surface area contributed by atoms with Crippen molar-refractivity contribution in [2.45, 2.75) is 59.1 Å². The van der Waals surface area contributed by atoms with Crippen LogP contribution < -0.4 is 5.32 Å². The predicted molar refractivity (Wildman–Crippen MR) is 85.1 cm³/mol. The number of carbonyl (C=O) groups excluding carboxylic acids is 1. The van der Waals surface area contributed by atoms with E-state index < -0.39 is 35.4 Å². The Morgan fingerprint density at radius 2 is 1.83 bits per heavy atom. The number of alkyl carbamates (subject to hydrolysis) is 1. The first-order chi connectivity index (χ1) is 10.4. The van der Waals surface area contributed by atoms with E-state index in [1.807, 2.05) is 6.92 Å². The summed E-state index contributed by atoms with van der Waals surface area (Å²) in [5.74, 6) is -2.48. The number of nitrogens with one attached hydrogen (secondary N) is 1. The van der Waals surface area contributed by atoms with Gasteiger partial charge in [-0.15, -0.1) is 0 Å². The minimum absolute atomic E-state index is 0.286. The van der Waals surface area contributed by atoms with Gasteiger partial charge in [0.25, 0.3) is 0 Å². The van der Waals surface area contributed by atoms with Crippen molar-refractivity contribution in [2.75, 3.05) is 0 Å². The van der Waals surface area contributed by atoms with Gasteiger partial charge in [-0.3, -0.25) is 0 Å². The van der Waals surface area contributed by atoms with E-state index >= 15 is 0 Å². The summed E-state index contributed by atoms with van der Waals surface area (Å²) in [6.07, 6.45) is -0.845. The maximum atomic E-state index is 14.2. The second-order valence-electron chi connectivity index (χ2n) is 6.65. The summed E-state index contributed by atoms with van der Waals surface area (Å²) in [7, 11) is 0. The summed E-state index contributed by atoms with van der Waals surface area (Å²) >= 11 is 0. The van der Waals surface area contributed by atoms with Gasteiger partial charge in [-0.25, -0.2) is 14.0 Å². The Morgan fingerprint density at radius 1 is 1.26 bits per heavy atom. The minimum atomic E-state index is -1.29. The van der Waals surface area contributed by atoms with Crippen LogP contribution in [0, 0.1) is 19.7 Å². The Kier molecular flexibility index (Phi) is 5.75. The van der Waals surface area contributed by atoms with Crippen molar-refractivity contribution in [3.8, 4) is 0 Å². The summed E-state index contributed by atoms with van der Waals surface area (Å²) in [6.45, 7) is 10.2. The summed E-state index contributed by atoms with van der Waals surface area (Å²) in [6, 6.07) is 1.65. The number of aryl methyl sites for hydroxylation is 1. The molecule has 2 N–H and O–H groups in total. The van der Waals surface area contributed by atoms with Crippen molar-refractivity contribution in [2.24, 2.45) is 0 Å². The molecule has 0 radical (unpaired) electrons. The highest BCUT2D eigenvalue weighted by Gasteiger charge is 2.32. The highest BCUT2D eigenvalue weighted by molar-refractivity contribution is 5.81. The minimum Gasteiger partial charge on any atom is -0.480 e.